The van der Waals surface area contributed by atoms with Crippen LogP contribution in [-0.2, 0) is 10.0 Å². The first-order chi connectivity index (χ1) is 7.49. The topological polar surface area (TPSA) is 58.2 Å². The molecule has 0 radical (unpaired) electrons. The van der Waals surface area contributed by atoms with Crippen molar-refractivity contribution in [3.8, 4) is 0 Å². The quantitative estimate of drug-likeness (QED) is 0.874. The second-order valence-electron chi connectivity index (χ2n) is 3.91. The van der Waals surface area contributed by atoms with Crippen LogP contribution in [0.15, 0.2) is 27.6 Å². The van der Waals surface area contributed by atoms with Crippen LogP contribution in [0.5, 0.6) is 0 Å². The van der Waals surface area contributed by atoms with E-state index in [0.717, 1.165) is 5.56 Å². The van der Waals surface area contributed by atoms with E-state index < -0.39 is 10.0 Å². The molecule has 0 spiro atoms. The molecule has 1 aliphatic rings. The number of halogens is 2. The fraction of sp³-hybridized carbons (Fsp3) is 0.400. The van der Waals surface area contributed by atoms with Crippen molar-refractivity contribution in [2.45, 2.75) is 17.9 Å². The number of aryl methyl sites for hydroxylation is 1. The molecule has 2 N–H and O–H groups in total. The van der Waals surface area contributed by atoms with Crippen molar-refractivity contribution >= 4 is 38.4 Å². The lowest BCUT2D eigenvalue weighted by Gasteiger charge is -2.27. The van der Waals surface area contributed by atoms with Gasteiger partial charge < -0.3 is 5.32 Å². The van der Waals surface area contributed by atoms with E-state index in [0.29, 0.717) is 22.5 Å². The van der Waals surface area contributed by atoms with Gasteiger partial charge in [0.2, 0.25) is 10.0 Å². The Labute approximate surface area is 116 Å². The van der Waals surface area contributed by atoms with Gasteiger partial charge in [-0.1, -0.05) is 6.07 Å². The van der Waals surface area contributed by atoms with Crippen molar-refractivity contribution in [2.75, 3.05) is 13.1 Å². The zero-order chi connectivity index (χ0) is 11.8. The summed E-state index contributed by atoms with van der Waals surface area (Å²) in [6, 6.07) is 5.30. The molecular formula is C10H14BrClN2O2S. The van der Waals surface area contributed by atoms with Gasteiger partial charge in [-0.25, -0.2) is 13.1 Å². The van der Waals surface area contributed by atoms with Gasteiger partial charge in [-0.3, -0.25) is 0 Å². The molecule has 0 aromatic heterocycles. The Hall–Kier alpha value is -0.140. The molecule has 1 heterocycles. The lowest BCUT2D eigenvalue weighted by atomic mass is 10.2. The molecule has 4 nitrogen and oxygen atoms in total. The first kappa shape index (κ1) is 14.9. The second-order valence-corrected chi connectivity index (χ2v) is 6.45. The average Bonchev–Trinajstić information content (AvgIpc) is 2.16. The highest BCUT2D eigenvalue weighted by atomic mass is 79.9. The van der Waals surface area contributed by atoms with Gasteiger partial charge >= 0.3 is 0 Å². The third kappa shape index (κ3) is 3.42. The maximum Gasteiger partial charge on any atom is 0.242 e. The van der Waals surface area contributed by atoms with Crippen LogP contribution >= 0.6 is 28.3 Å². The standard InChI is InChI=1S/C10H13BrN2O2S.ClH/c1-7-2-3-9(11)10(4-7)16(14,15)13-8-5-12-6-8;/h2-4,8,12-13H,5-6H2,1H3;1H. The van der Waals surface area contributed by atoms with E-state index in [-0.39, 0.29) is 18.4 Å². The van der Waals surface area contributed by atoms with Crippen LogP contribution in [0.25, 0.3) is 0 Å². The van der Waals surface area contributed by atoms with E-state index in [2.05, 4.69) is 26.0 Å². The highest BCUT2D eigenvalue weighted by Crippen LogP contribution is 2.23. The summed E-state index contributed by atoms with van der Waals surface area (Å²) in [6.07, 6.45) is 0. The van der Waals surface area contributed by atoms with E-state index in [9.17, 15) is 8.42 Å². The molecule has 1 aromatic rings. The van der Waals surface area contributed by atoms with E-state index >= 15 is 0 Å². The smallest absolute Gasteiger partial charge is 0.242 e. The Morgan fingerprint density at radius 1 is 1.41 bits per heavy atom. The van der Waals surface area contributed by atoms with Gasteiger partial charge in [-0.05, 0) is 40.5 Å². The van der Waals surface area contributed by atoms with Crippen molar-refractivity contribution < 1.29 is 8.42 Å². The van der Waals surface area contributed by atoms with Crippen molar-refractivity contribution in [3.63, 3.8) is 0 Å². The summed E-state index contributed by atoms with van der Waals surface area (Å²) in [4.78, 5) is 0.305. The average molecular weight is 342 g/mol. The van der Waals surface area contributed by atoms with Crippen LogP contribution in [0.4, 0.5) is 0 Å². The van der Waals surface area contributed by atoms with Gasteiger partial charge in [0.05, 0.1) is 4.90 Å². The van der Waals surface area contributed by atoms with Crippen molar-refractivity contribution in [2.24, 2.45) is 0 Å². The van der Waals surface area contributed by atoms with Crippen molar-refractivity contribution in [1.82, 2.24) is 10.0 Å². The molecule has 1 aromatic carbocycles. The molecule has 0 saturated carbocycles. The highest BCUT2D eigenvalue weighted by Gasteiger charge is 2.25. The first-order valence-corrected chi connectivity index (χ1v) is 7.26. The predicted octanol–water partition coefficient (Wildman–Crippen LogP) is 1.43. The Balaban J connectivity index is 0.00000144. The van der Waals surface area contributed by atoms with Crippen molar-refractivity contribution in [3.05, 3.63) is 28.2 Å². The molecule has 0 unspecified atom stereocenters. The van der Waals surface area contributed by atoms with Crippen LogP contribution < -0.4 is 10.0 Å². The molecule has 96 valence electrons. The lowest BCUT2D eigenvalue weighted by molar-refractivity contribution is 0.410. The molecule has 2 rings (SSSR count). The van der Waals surface area contributed by atoms with Gasteiger partial charge in [0, 0.05) is 23.6 Å². The zero-order valence-corrected chi connectivity index (χ0v) is 12.5. The summed E-state index contributed by atoms with van der Waals surface area (Å²) < 4.78 is 27.3. The highest BCUT2D eigenvalue weighted by molar-refractivity contribution is 9.10. The van der Waals surface area contributed by atoms with Crippen LogP contribution in [-0.4, -0.2) is 27.5 Å². The summed E-state index contributed by atoms with van der Waals surface area (Å²) in [5.41, 5.74) is 0.926. The predicted molar refractivity (Wildman–Crippen MR) is 73.1 cm³/mol. The summed E-state index contributed by atoms with van der Waals surface area (Å²) in [5, 5.41) is 3.02. The van der Waals surface area contributed by atoms with Crippen LogP contribution in [0.2, 0.25) is 0 Å². The second kappa shape index (κ2) is 5.67. The van der Waals surface area contributed by atoms with Crippen molar-refractivity contribution in [1.29, 1.82) is 0 Å². The molecular weight excluding hydrogens is 328 g/mol. The number of sulfonamides is 1. The number of benzene rings is 1. The minimum absolute atomic E-state index is 0. The Morgan fingerprint density at radius 2 is 2.06 bits per heavy atom. The van der Waals surface area contributed by atoms with E-state index in [1.54, 1.807) is 12.1 Å². The number of nitrogens with one attached hydrogen (secondary N) is 2. The molecule has 1 aliphatic heterocycles. The molecule has 0 bridgehead atoms. The normalized spacial score (nSPS) is 16.1. The molecule has 0 atom stereocenters. The van der Waals surface area contributed by atoms with Gasteiger partial charge in [0.1, 0.15) is 0 Å². The molecule has 1 fully saturated rings. The number of hydrogen-bond acceptors (Lipinski definition) is 3. The molecule has 0 amide bonds. The van der Waals surface area contributed by atoms with E-state index in [1.807, 2.05) is 13.0 Å². The molecule has 7 heteroatoms. The van der Waals surface area contributed by atoms with Gasteiger partial charge in [-0.2, -0.15) is 0 Å². The zero-order valence-electron chi connectivity index (χ0n) is 9.23. The summed E-state index contributed by atoms with van der Waals surface area (Å²) in [5.74, 6) is 0. The molecule has 1 saturated heterocycles. The monoisotopic (exact) mass is 340 g/mol. The fourth-order valence-corrected chi connectivity index (χ4v) is 3.76. The van der Waals surface area contributed by atoms with E-state index in [4.69, 9.17) is 0 Å². The van der Waals surface area contributed by atoms with Gasteiger partial charge in [0.15, 0.2) is 0 Å². The minimum Gasteiger partial charge on any atom is -0.313 e. The maximum absolute atomic E-state index is 12.0. The maximum atomic E-state index is 12.0. The number of rotatable bonds is 3. The van der Waals surface area contributed by atoms with Gasteiger partial charge in [0.25, 0.3) is 0 Å². The van der Waals surface area contributed by atoms with Crippen LogP contribution in [0, 0.1) is 6.92 Å². The third-order valence-corrected chi connectivity index (χ3v) is 4.99. The lowest BCUT2D eigenvalue weighted by Crippen LogP contribution is -2.56. The van der Waals surface area contributed by atoms with E-state index in [1.165, 1.54) is 0 Å². The van der Waals surface area contributed by atoms with Crippen LogP contribution in [0.3, 0.4) is 0 Å². The minimum atomic E-state index is -3.41. The Morgan fingerprint density at radius 3 is 2.59 bits per heavy atom. The molecule has 17 heavy (non-hydrogen) atoms. The third-order valence-electron chi connectivity index (χ3n) is 2.48. The summed E-state index contributed by atoms with van der Waals surface area (Å²) >= 11 is 3.26. The summed E-state index contributed by atoms with van der Waals surface area (Å²) in [7, 11) is -3.41. The molecule has 0 aliphatic carbocycles. The SMILES string of the molecule is Cc1ccc(Br)c(S(=O)(=O)NC2CNC2)c1.Cl. The fourth-order valence-electron chi connectivity index (χ4n) is 1.47. The first-order valence-electron chi connectivity index (χ1n) is 4.98. The Bertz CT molecular complexity index is 503. The Kier molecular flexibility index (Phi) is 4.97. The largest absolute Gasteiger partial charge is 0.313 e. The number of hydrogen-bond donors (Lipinski definition) is 2. The summed E-state index contributed by atoms with van der Waals surface area (Å²) in [6.45, 7) is 3.27. The van der Waals surface area contributed by atoms with Crippen LogP contribution in [0.1, 0.15) is 5.56 Å². The van der Waals surface area contributed by atoms with Gasteiger partial charge in [-0.15, -0.1) is 12.4 Å².